The van der Waals surface area contributed by atoms with Crippen LogP contribution in [0.3, 0.4) is 0 Å². The molecule has 0 radical (unpaired) electrons. The minimum absolute atomic E-state index is 0.0115. The van der Waals surface area contributed by atoms with E-state index < -0.39 is 10.0 Å². The van der Waals surface area contributed by atoms with Gasteiger partial charge in [0, 0.05) is 19.2 Å². The van der Waals surface area contributed by atoms with Crippen LogP contribution in [0.2, 0.25) is 0 Å². The summed E-state index contributed by atoms with van der Waals surface area (Å²) < 4.78 is 37.1. The molecule has 6 nitrogen and oxygen atoms in total. The molecule has 0 saturated carbocycles. The van der Waals surface area contributed by atoms with Crippen molar-refractivity contribution in [2.24, 2.45) is 0 Å². The van der Waals surface area contributed by atoms with Gasteiger partial charge in [-0.1, -0.05) is 0 Å². The maximum Gasteiger partial charge on any atom is 0.276 e. The molecule has 1 fully saturated rings. The van der Waals surface area contributed by atoms with Crippen molar-refractivity contribution >= 4 is 10.0 Å². The number of likely N-dealkylation sites (N-methyl/N-ethyl adjacent to an activating group) is 1. The summed E-state index contributed by atoms with van der Waals surface area (Å²) in [6.45, 7) is 7.66. The zero-order valence-electron chi connectivity index (χ0n) is 13.0. The highest BCUT2D eigenvalue weighted by Gasteiger charge is 2.32. The summed E-state index contributed by atoms with van der Waals surface area (Å²) in [5.74, 6) is 0.611. The molecule has 7 heteroatoms. The van der Waals surface area contributed by atoms with Crippen LogP contribution < -0.4 is 5.32 Å². The maximum absolute atomic E-state index is 12.5. The van der Waals surface area contributed by atoms with Gasteiger partial charge < -0.3 is 14.5 Å². The van der Waals surface area contributed by atoms with E-state index in [4.69, 9.17) is 9.15 Å². The SMILES string of the molecule is CN(C1CCOC1)S(=O)(=O)c1ccc(CNC(C)(C)C)o1. The highest BCUT2D eigenvalue weighted by molar-refractivity contribution is 7.89. The molecule has 1 N–H and O–H groups in total. The molecule has 2 rings (SSSR count). The Bertz CT molecular complexity index is 568. The first-order valence-electron chi connectivity index (χ1n) is 7.10. The van der Waals surface area contributed by atoms with Gasteiger partial charge in [0.05, 0.1) is 19.2 Å². The van der Waals surface area contributed by atoms with Crippen molar-refractivity contribution in [3.05, 3.63) is 17.9 Å². The monoisotopic (exact) mass is 316 g/mol. The van der Waals surface area contributed by atoms with Gasteiger partial charge in [0.25, 0.3) is 10.0 Å². The van der Waals surface area contributed by atoms with E-state index in [1.165, 1.54) is 10.4 Å². The third-order valence-electron chi connectivity index (χ3n) is 3.48. The fraction of sp³-hybridized carbons (Fsp3) is 0.714. The first-order chi connectivity index (χ1) is 9.70. The molecule has 120 valence electrons. The molecule has 0 spiro atoms. The second kappa shape index (κ2) is 6.08. The van der Waals surface area contributed by atoms with Crippen molar-refractivity contribution < 1.29 is 17.6 Å². The zero-order chi connectivity index (χ0) is 15.7. The second-order valence-electron chi connectivity index (χ2n) is 6.36. The minimum atomic E-state index is -3.60. The molecule has 1 saturated heterocycles. The van der Waals surface area contributed by atoms with Crippen LogP contribution in [0.15, 0.2) is 21.6 Å². The van der Waals surface area contributed by atoms with Gasteiger partial charge >= 0.3 is 0 Å². The predicted octanol–water partition coefficient (Wildman–Crippen LogP) is 1.58. The summed E-state index contributed by atoms with van der Waals surface area (Å²) in [5.41, 5.74) is -0.0518. The minimum Gasteiger partial charge on any atom is -0.447 e. The lowest BCUT2D eigenvalue weighted by Gasteiger charge is -2.21. The summed E-state index contributed by atoms with van der Waals surface area (Å²) in [4.78, 5) is 0. The number of sulfonamides is 1. The Hall–Kier alpha value is -0.890. The molecular formula is C14H24N2O4S. The van der Waals surface area contributed by atoms with E-state index in [1.807, 2.05) is 20.8 Å². The molecule has 0 bridgehead atoms. The summed E-state index contributed by atoms with van der Waals surface area (Å²) >= 11 is 0. The van der Waals surface area contributed by atoms with Crippen LogP contribution in [0, 0.1) is 0 Å². The van der Waals surface area contributed by atoms with E-state index in [9.17, 15) is 8.42 Å². The number of nitrogens with one attached hydrogen (secondary N) is 1. The summed E-state index contributed by atoms with van der Waals surface area (Å²) in [7, 11) is -2.02. The topological polar surface area (TPSA) is 71.8 Å². The Kier molecular flexibility index (Phi) is 4.77. The number of hydrogen-bond donors (Lipinski definition) is 1. The standard InChI is InChI=1S/C14H24N2O4S/c1-14(2,3)15-9-12-5-6-13(20-12)21(17,18)16(4)11-7-8-19-10-11/h5-6,11,15H,7-10H2,1-4H3. The molecule has 1 aromatic rings. The number of nitrogens with zero attached hydrogens (tertiary/aromatic N) is 1. The Morgan fingerprint density at radius 1 is 1.38 bits per heavy atom. The van der Waals surface area contributed by atoms with Crippen LogP contribution in [0.25, 0.3) is 0 Å². The molecular weight excluding hydrogens is 292 g/mol. The third kappa shape index (κ3) is 4.06. The normalized spacial score (nSPS) is 20.3. The molecule has 0 amide bonds. The van der Waals surface area contributed by atoms with Crippen molar-refractivity contribution in [2.45, 2.75) is 50.4 Å². The van der Waals surface area contributed by atoms with Crippen molar-refractivity contribution in [3.63, 3.8) is 0 Å². The van der Waals surface area contributed by atoms with Crippen LogP contribution in [0.4, 0.5) is 0 Å². The molecule has 1 atom stereocenters. The average Bonchev–Trinajstić information content (AvgIpc) is 3.06. The van der Waals surface area contributed by atoms with E-state index in [-0.39, 0.29) is 16.7 Å². The lowest BCUT2D eigenvalue weighted by molar-refractivity contribution is 0.180. The Morgan fingerprint density at radius 3 is 2.67 bits per heavy atom. The molecule has 2 heterocycles. The van der Waals surface area contributed by atoms with Crippen molar-refractivity contribution in [2.75, 3.05) is 20.3 Å². The summed E-state index contributed by atoms with van der Waals surface area (Å²) in [5, 5.41) is 3.25. The number of rotatable bonds is 5. The predicted molar refractivity (Wildman–Crippen MR) is 79.5 cm³/mol. The third-order valence-corrected chi connectivity index (χ3v) is 5.27. The molecule has 1 unspecified atom stereocenters. The van der Waals surface area contributed by atoms with Crippen molar-refractivity contribution in [1.82, 2.24) is 9.62 Å². The lowest BCUT2D eigenvalue weighted by atomic mass is 10.1. The molecule has 0 aromatic carbocycles. The molecule has 1 aliphatic rings. The van der Waals surface area contributed by atoms with Gasteiger partial charge in [-0.05, 0) is 39.3 Å². The van der Waals surface area contributed by atoms with Gasteiger partial charge in [-0.15, -0.1) is 0 Å². The van der Waals surface area contributed by atoms with Crippen LogP contribution >= 0.6 is 0 Å². The molecule has 0 aliphatic carbocycles. The molecule has 1 aromatic heterocycles. The quantitative estimate of drug-likeness (QED) is 0.893. The van der Waals surface area contributed by atoms with Crippen LogP contribution in [0.5, 0.6) is 0 Å². The number of hydrogen-bond acceptors (Lipinski definition) is 5. The van der Waals surface area contributed by atoms with Crippen molar-refractivity contribution in [3.8, 4) is 0 Å². The van der Waals surface area contributed by atoms with E-state index in [0.717, 1.165) is 6.42 Å². The van der Waals surface area contributed by atoms with E-state index >= 15 is 0 Å². The number of ether oxygens (including phenoxy) is 1. The maximum atomic E-state index is 12.5. The highest BCUT2D eigenvalue weighted by atomic mass is 32.2. The number of furan rings is 1. The lowest BCUT2D eigenvalue weighted by Crippen LogP contribution is -2.37. The smallest absolute Gasteiger partial charge is 0.276 e. The molecule has 21 heavy (non-hydrogen) atoms. The Balaban J connectivity index is 2.08. The van der Waals surface area contributed by atoms with E-state index in [1.54, 1.807) is 13.1 Å². The Morgan fingerprint density at radius 2 is 2.10 bits per heavy atom. The van der Waals surface area contributed by atoms with Crippen LogP contribution in [-0.2, 0) is 21.3 Å². The van der Waals surface area contributed by atoms with Gasteiger partial charge in [-0.2, -0.15) is 4.31 Å². The fourth-order valence-electron chi connectivity index (χ4n) is 2.09. The van der Waals surface area contributed by atoms with Gasteiger partial charge in [0.2, 0.25) is 5.09 Å². The Labute approximate surface area is 126 Å². The highest BCUT2D eigenvalue weighted by Crippen LogP contribution is 2.22. The largest absolute Gasteiger partial charge is 0.447 e. The fourth-order valence-corrected chi connectivity index (χ4v) is 3.39. The van der Waals surface area contributed by atoms with Gasteiger partial charge in [-0.25, -0.2) is 8.42 Å². The van der Waals surface area contributed by atoms with Gasteiger partial charge in [0.15, 0.2) is 0 Å². The van der Waals surface area contributed by atoms with Crippen molar-refractivity contribution in [1.29, 1.82) is 0 Å². The zero-order valence-corrected chi connectivity index (χ0v) is 13.9. The van der Waals surface area contributed by atoms with Crippen LogP contribution in [-0.4, -0.2) is 44.6 Å². The van der Waals surface area contributed by atoms with Gasteiger partial charge in [-0.3, -0.25) is 0 Å². The van der Waals surface area contributed by atoms with Gasteiger partial charge in [0.1, 0.15) is 5.76 Å². The van der Waals surface area contributed by atoms with E-state index in [2.05, 4.69) is 5.32 Å². The average molecular weight is 316 g/mol. The summed E-state index contributed by atoms with van der Waals surface area (Å²) in [6, 6.07) is 3.10. The first kappa shape index (κ1) is 16.5. The summed E-state index contributed by atoms with van der Waals surface area (Å²) in [6.07, 6.45) is 0.717. The first-order valence-corrected chi connectivity index (χ1v) is 8.54. The van der Waals surface area contributed by atoms with Crippen LogP contribution in [0.1, 0.15) is 33.0 Å². The molecule has 1 aliphatic heterocycles. The van der Waals surface area contributed by atoms with E-state index in [0.29, 0.717) is 25.5 Å². The second-order valence-corrected chi connectivity index (χ2v) is 8.29.